The van der Waals surface area contributed by atoms with Gasteiger partial charge in [0.05, 0.1) is 10.3 Å². The Labute approximate surface area is 109 Å². The van der Waals surface area contributed by atoms with Gasteiger partial charge in [0, 0.05) is 13.1 Å². The predicted octanol–water partition coefficient (Wildman–Crippen LogP) is 2.08. The Bertz CT molecular complexity index is 484. The quantitative estimate of drug-likeness (QED) is 0.890. The molecule has 1 aliphatic carbocycles. The van der Waals surface area contributed by atoms with Crippen LogP contribution in [0.15, 0.2) is 17.5 Å². The molecule has 2 atom stereocenters. The molecule has 2 heterocycles. The summed E-state index contributed by atoms with van der Waals surface area (Å²) in [6, 6.07) is 3.65. The lowest BCUT2D eigenvalue weighted by atomic mass is 9.81. The summed E-state index contributed by atoms with van der Waals surface area (Å²) in [6.45, 7) is 0.979. The Hall–Kier alpha value is -1.36. The molecular weight excluding hydrogens is 250 g/mol. The van der Waals surface area contributed by atoms with E-state index < -0.39 is 11.4 Å². The van der Waals surface area contributed by atoms with Crippen molar-refractivity contribution in [2.75, 3.05) is 13.1 Å². The number of fused-ring (bicyclic) bond motifs is 1. The number of carboxylic acid groups (broad SMARTS) is 1. The first-order chi connectivity index (χ1) is 8.63. The number of rotatable bonds is 2. The third-order valence-corrected chi connectivity index (χ3v) is 5.17. The maximum absolute atomic E-state index is 12.2. The molecule has 1 N–H and O–H groups in total. The van der Waals surface area contributed by atoms with Crippen molar-refractivity contribution >= 4 is 23.2 Å². The minimum atomic E-state index is -0.730. The molecule has 0 spiro atoms. The van der Waals surface area contributed by atoms with Crippen LogP contribution >= 0.6 is 11.3 Å². The molecule has 1 saturated heterocycles. The fraction of sp³-hybridized carbons (Fsp3) is 0.538. The van der Waals surface area contributed by atoms with E-state index in [9.17, 15) is 14.7 Å². The molecule has 4 nitrogen and oxygen atoms in total. The Morgan fingerprint density at radius 3 is 2.94 bits per heavy atom. The second kappa shape index (κ2) is 4.09. The number of thiophene rings is 1. The van der Waals surface area contributed by atoms with Gasteiger partial charge in [-0.1, -0.05) is 12.5 Å². The molecule has 2 fully saturated rings. The summed E-state index contributed by atoms with van der Waals surface area (Å²) < 4.78 is 0. The molecule has 0 unspecified atom stereocenters. The largest absolute Gasteiger partial charge is 0.481 e. The van der Waals surface area contributed by atoms with Crippen molar-refractivity contribution in [2.24, 2.45) is 11.3 Å². The van der Waals surface area contributed by atoms with Crippen LogP contribution in [0.5, 0.6) is 0 Å². The second-order valence-electron chi connectivity index (χ2n) is 5.21. The number of hydrogen-bond acceptors (Lipinski definition) is 3. The minimum absolute atomic E-state index is 0.0139. The lowest BCUT2D eigenvalue weighted by Crippen LogP contribution is -2.37. The minimum Gasteiger partial charge on any atom is -0.481 e. The van der Waals surface area contributed by atoms with Crippen molar-refractivity contribution < 1.29 is 14.7 Å². The second-order valence-corrected chi connectivity index (χ2v) is 6.16. The van der Waals surface area contributed by atoms with Gasteiger partial charge in [-0.3, -0.25) is 9.59 Å². The molecule has 0 bridgehead atoms. The highest BCUT2D eigenvalue weighted by molar-refractivity contribution is 7.12. The molecular formula is C13H15NO3S. The van der Waals surface area contributed by atoms with Crippen LogP contribution in [0.3, 0.4) is 0 Å². The van der Waals surface area contributed by atoms with Gasteiger partial charge in [0.1, 0.15) is 0 Å². The van der Waals surface area contributed by atoms with Crippen LogP contribution < -0.4 is 0 Å². The van der Waals surface area contributed by atoms with E-state index in [4.69, 9.17) is 0 Å². The number of hydrogen-bond donors (Lipinski definition) is 1. The third kappa shape index (κ3) is 1.57. The molecule has 1 amide bonds. The van der Waals surface area contributed by atoms with Crippen molar-refractivity contribution in [3.05, 3.63) is 22.4 Å². The van der Waals surface area contributed by atoms with Crippen LogP contribution in [0.4, 0.5) is 0 Å². The molecule has 96 valence electrons. The zero-order valence-electron chi connectivity index (χ0n) is 9.96. The number of carbonyl (C=O) groups is 2. The molecule has 5 heteroatoms. The Balaban J connectivity index is 1.83. The summed E-state index contributed by atoms with van der Waals surface area (Å²) >= 11 is 1.41. The lowest BCUT2D eigenvalue weighted by Gasteiger charge is -2.23. The van der Waals surface area contributed by atoms with Crippen LogP contribution in [0, 0.1) is 11.3 Å². The van der Waals surface area contributed by atoms with E-state index in [1.807, 2.05) is 11.4 Å². The first-order valence-corrected chi connectivity index (χ1v) is 7.08. The van der Waals surface area contributed by atoms with Gasteiger partial charge >= 0.3 is 5.97 Å². The highest BCUT2D eigenvalue weighted by Gasteiger charge is 2.55. The molecule has 2 aliphatic rings. The van der Waals surface area contributed by atoms with E-state index in [1.54, 1.807) is 11.0 Å². The summed E-state index contributed by atoms with van der Waals surface area (Å²) in [5, 5.41) is 11.3. The van der Waals surface area contributed by atoms with Crippen LogP contribution in [0.2, 0.25) is 0 Å². The van der Waals surface area contributed by atoms with Gasteiger partial charge in [-0.05, 0) is 30.2 Å². The monoisotopic (exact) mass is 265 g/mol. The van der Waals surface area contributed by atoms with Crippen LogP contribution in [0.25, 0.3) is 0 Å². The first kappa shape index (κ1) is 11.7. The first-order valence-electron chi connectivity index (χ1n) is 6.20. The van der Waals surface area contributed by atoms with Crippen molar-refractivity contribution in [2.45, 2.75) is 19.3 Å². The molecule has 1 saturated carbocycles. The van der Waals surface area contributed by atoms with Gasteiger partial charge in [0.25, 0.3) is 5.91 Å². The summed E-state index contributed by atoms with van der Waals surface area (Å²) in [7, 11) is 0. The fourth-order valence-corrected chi connectivity index (χ4v) is 4.04. The normalized spacial score (nSPS) is 30.4. The van der Waals surface area contributed by atoms with Crippen molar-refractivity contribution in [3.63, 3.8) is 0 Å². The number of carboxylic acids is 1. The number of carbonyl (C=O) groups excluding carboxylic acids is 1. The van der Waals surface area contributed by atoms with E-state index in [2.05, 4.69) is 0 Å². The van der Waals surface area contributed by atoms with Crippen molar-refractivity contribution in [1.82, 2.24) is 4.90 Å². The van der Waals surface area contributed by atoms with Gasteiger partial charge in [0.2, 0.25) is 0 Å². The zero-order chi connectivity index (χ0) is 12.8. The highest BCUT2D eigenvalue weighted by Crippen LogP contribution is 2.49. The Morgan fingerprint density at radius 2 is 2.33 bits per heavy atom. The highest BCUT2D eigenvalue weighted by atomic mass is 32.1. The molecule has 18 heavy (non-hydrogen) atoms. The van der Waals surface area contributed by atoms with Gasteiger partial charge in [-0.15, -0.1) is 11.3 Å². The Morgan fingerprint density at radius 1 is 1.50 bits per heavy atom. The summed E-state index contributed by atoms with van der Waals surface area (Å²) in [5.41, 5.74) is -0.674. The van der Waals surface area contributed by atoms with E-state index in [1.165, 1.54) is 11.3 Å². The van der Waals surface area contributed by atoms with Crippen molar-refractivity contribution in [3.8, 4) is 0 Å². The molecule has 0 radical (unpaired) electrons. The average molecular weight is 265 g/mol. The van der Waals surface area contributed by atoms with Gasteiger partial charge in [-0.25, -0.2) is 0 Å². The Kier molecular flexibility index (Phi) is 2.66. The topological polar surface area (TPSA) is 57.6 Å². The van der Waals surface area contributed by atoms with Gasteiger partial charge < -0.3 is 10.0 Å². The maximum Gasteiger partial charge on any atom is 0.311 e. The number of likely N-dealkylation sites (tertiary alicyclic amines) is 1. The molecule has 3 rings (SSSR count). The maximum atomic E-state index is 12.2. The van der Waals surface area contributed by atoms with E-state index >= 15 is 0 Å². The number of nitrogens with zero attached hydrogens (tertiary/aromatic N) is 1. The summed E-state index contributed by atoms with van der Waals surface area (Å²) in [4.78, 5) is 26.2. The van der Waals surface area contributed by atoms with Crippen molar-refractivity contribution in [1.29, 1.82) is 0 Å². The molecule has 1 aromatic heterocycles. The fourth-order valence-electron chi connectivity index (χ4n) is 3.35. The molecule has 1 aromatic rings. The smallest absolute Gasteiger partial charge is 0.311 e. The average Bonchev–Trinajstić information content (AvgIpc) is 3.03. The summed E-state index contributed by atoms with van der Waals surface area (Å²) in [5.74, 6) is -0.606. The molecule has 0 aromatic carbocycles. The van der Waals surface area contributed by atoms with Crippen LogP contribution in [0.1, 0.15) is 28.9 Å². The number of aliphatic carboxylic acids is 1. The van der Waals surface area contributed by atoms with Gasteiger partial charge in [-0.2, -0.15) is 0 Å². The van der Waals surface area contributed by atoms with E-state index in [0.717, 1.165) is 12.8 Å². The SMILES string of the molecule is O=C(c1cccs1)N1C[C@@H]2CCC[C@@]2(C(=O)O)C1. The van der Waals surface area contributed by atoms with Crippen LogP contribution in [-0.4, -0.2) is 35.0 Å². The molecule has 1 aliphatic heterocycles. The lowest BCUT2D eigenvalue weighted by molar-refractivity contribution is -0.149. The van der Waals surface area contributed by atoms with E-state index in [0.29, 0.717) is 24.4 Å². The standard InChI is InChI=1S/C13H15NO3S/c15-11(10-4-2-6-18-10)14-7-9-3-1-5-13(9,8-14)12(16)17/h2,4,6,9H,1,3,5,7-8H2,(H,16,17)/t9-,13+/m0/s1. The third-order valence-electron chi connectivity index (χ3n) is 4.32. The van der Waals surface area contributed by atoms with Crippen LogP contribution in [-0.2, 0) is 4.79 Å². The summed E-state index contributed by atoms with van der Waals surface area (Å²) in [6.07, 6.45) is 2.61. The predicted molar refractivity (Wildman–Crippen MR) is 67.6 cm³/mol. The van der Waals surface area contributed by atoms with E-state index in [-0.39, 0.29) is 11.8 Å². The number of amides is 1. The van der Waals surface area contributed by atoms with Gasteiger partial charge in [0.15, 0.2) is 0 Å². The zero-order valence-corrected chi connectivity index (χ0v) is 10.8.